The van der Waals surface area contributed by atoms with Crippen molar-refractivity contribution in [3.63, 3.8) is 0 Å². The summed E-state index contributed by atoms with van der Waals surface area (Å²) in [6.07, 6.45) is 5.64. The van der Waals surface area contributed by atoms with Gasteiger partial charge in [0.05, 0.1) is 0 Å². The molecular formula is C15H23N3O2S. The van der Waals surface area contributed by atoms with Crippen LogP contribution >= 0.6 is 0 Å². The summed E-state index contributed by atoms with van der Waals surface area (Å²) in [6.45, 7) is 4.03. The second-order valence-electron chi connectivity index (χ2n) is 5.48. The van der Waals surface area contributed by atoms with Gasteiger partial charge in [-0.3, -0.25) is 0 Å². The molecule has 116 valence electrons. The van der Waals surface area contributed by atoms with Crippen LogP contribution in [0.15, 0.2) is 29.3 Å². The van der Waals surface area contributed by atoms with Crippen LogP contribution < -0.4 is 10.5 Å². The first-order chi connectivity index (χ1) is 9.94. The SMILES string of the molecule is CCCCCC(C)NS(=O)(=O)c1c[nH]c2ccc(N)cc12. The smallest absolute Gasteiger partial charge is 0.242 e. The molecule has 2 rings (SSSR count). The van der Waals surface area contributed by atoms with Crippen LogP contribution in [0.4, 0.5) is 5.69 Å². The van der Waals surface area contributed by atoms with E-state index in [9.17, 15) is 8.42 Å². The molecule has 0 aliphatic rings. The first-order valence-corrected chi connectivity index (χ1v) is 8.81. The number of hydrogen-bond donors (Lipinski definition) is 3. The van der Waals surface area contributed by atoms with E-state index in [4.69, 9.17) is 5.73 Å². The lowest BCUT2D eigenvalue weighted by Gasteiger charge is -2.13. The molecule has 4 N–H and O–H groups in total. The van der Waals surface area contributed by atoms with Crippen LogP contribution in [0, 0.1) is 0 Å². The zero-order valence-corrected chi connectivity index (χ0v) is 13.3. The lowest BCUT2D eigenvalue weighted by Crippen LogP contribution is -2.32. The molecule has 6 heteroatoms. The Bertz CT molecular complexity index is 707. The van der Waals surface area contributed by atoms with Crippen molar-refractivity contribution < 1.29 is 8.42 Å². The number of nitrogen functional groups attached to an aromatic ring is 1. The second kappa shape index (κ2) is 6.49. The third-order valence-corrected chi connectivity index (χ3v) is 5.18. The maximum Gasteiger partial charge on any atom is 0.242 e. The minimum atomic E-state index is -3.53. The molecule has 0 radical (unpaired) electrons. The molecule has 0 saturated heterocycles. The number of hydrogen-bond acceptors (Lipinski definition) is 3. The number of H-pyrrole nitrogens is 1. The minimum Gasteiger partial charge on any atom is -0.399 e. The van der Waals surface area contributed by atoms with E-state index in [0.717, 1.165) is 31.2 Å². The number of unbranched alkanes of at least 4 members (excludes halogenated alkanes) is 2. The molecule has 21 heavy (non-hydrogen) atoms. The standard InChI is InChI=1S/C15H23N3O2S/c1-3-4-5-6-11(2)18-21(19,20)15-10-17-14-8-7-12(16)9-13(14)15/h7-11,17-18H,3-6,16H2,1-2H3. The van der Waals surface area contributed by atoms with Crippen molar-refractivity contribution in [1.29, 1.82) is 0 Å². The molecule has 1 heterocycles. The fourth-order valence-corrected chi connectivity index (χ4v) is 3.87. The number of nitrogens with two attached hydrogens (primary N) is 1. The van der Waals surface area contributed by atoms with E-state index in [0.29, 0.717) is 11.1 Å². The normalized spacial score (nSPS) is 13.6. The van der Waals surface area contributed by atoms with Crippen LogP contribution in [0.2, 0.25) is 0 Å². The third kappa shape index (κ3) is 3.77. The number of sulfonamides is 1. The average Bonchev–Trinajstić information content (AvgIpc) is 2.82. The van der Waals surface area contributed by atoms with Gasteiger partial charge < -0.3 is 10.7 Å². The van der Waals surface area contributed by atoms with E-state index in [1.54, 1.807) is 18.2 Å². The molecular weight excluding hydrogens is 286 g/mol. The fourth-order valence-electron chi connectivity index (χ4n) is 2.42. The Morgan fingerprint density at radius 2 is 2.10 bits per heavy atom. The summed E-state index contributed by atoms with van der Waals surface area (Å²) in [6, 6.07) is 5.14. The molecule has 0 saturated carbocycles. The first-order valence-electron chi connectivity index (χ1n) is 7.33. The van der Waals surface area contributed by atoms with Gasteiger partial charge in [0.2, 0.25) is 10.0 Å². The molecule has 1 aromatic heterocycles. The molecule has 0 aliphatic heterocycles. The summed E-state index contributed by atoms with van der Waals surface area (Å²) in [7, 11) is -3.53. The van der Waals surface area contributed by atoms with Gasteiger partial charge in [-0.05, 0) is 31.5 Å². The maximum absolute atomic E-state index is 12.5. The molecule has 0 bridgehead atoms. The molecule has 0 spiro atoms. The predicted octanol–water partition coefficient (Wildman–Crippen LogP) is 3.00. The van der Waals surface area contributed by atoms with Gasteiger partial charge in [0.25, 0.3) is 0 Å². The molecule has 0 fully saturated rings. The highest BCUT2D eigenvalue weighted by Gasteiger charge is 2.21. The van der Waals surface area contributed by atoms with Gasteiger partial charge in [-0.15, -0.1) is 0 Å². The number of aromatic nitrogens is 1. The Labute approximate surface area is 126 Å². The largest absolute Gasteiger partial charge is 0.399 e. The van der Waals surface area contributed by atoms with Crippen molar-refractivity contribution in [2.24, 2.45) is 0 Å². The summed E-state index contributed by atoms with van der Waals surface area (Å²) >= 11 is 0. The van der Waals surface area contributed by atoms with Gasteiger partial charge in [-0.1, -0.05) is 26.2 Å². The maximum atomic E-state index is 12.5. The second-order valence-corrected chi connectivity index (χ2v) is 7.16. The summed E-state index contributed by atoms with van der Waals surface area (Å²) in [5.41, 5.74) is 7.07. The molecule has 0 aliphatic carbocycles. The Kier molecular flexibility index (Phi) is 4.90. The van der Waals surface area contributed by atoms with Gasteiger partial charge in [0, 0.05) is 28.8 Å². The number of nitrogens with one attached hydrogen (secondary N) is 2. The quantitative estimate of drug-likeness (QED) is 0.542. The zero-order chi connectivity index (χ0) is 15.5. The van der Waals surface area contributed by atoms with Crippen molar-refractivity contribution >= 4 is 26.6 Å². The van der Waals surface area contributed by atoms with Gasteiger partial charge in [0.1, 0.15) is 4.90 Å². The lowest BCUT2D eigenvalue weighted by molar-refractivity contribution is 0.528. The summed E-state index contributed by atoms with van der Waals surface area (Å²) in [4.78, 5) is 3.23. The number of anilines is 1. The summed E-state index contributed by atoms with van der Waals surface area (Å²) in [5, 5.41) is 0.628. The van der Waals surface area contributed by atoms with Gasteiger partial charge in [-0.2, -0.15) is 0 Å². The number of rotatable bonds is 7. The van der Waals surface area contributed by atoms with E-state index < -0.39 is 10.0 Å². The third-order valence-electron chi connectivity index (χ3n) is 3.55. The average molecular weight is 309 g/mol. The zero-order valence-electron chi connectivity index (χ0n) is 12.5. The Morgan fingerprint density at radius 3 is 2.81 bits per heavy atom. The summed E-state index contributed by atoms with van der Waals surface area (Å²) in [5.74, 6) is 0. The van der Waals surface area contributed by atoms with Crippen LogP contribution in [-0.4, -0.2) is 19.4 Å². The van der Waals surface area contributed by atoms with E-state index in [-0.39, 0.29) is 10.9 Å². The highest BCUT2D eigenvalue weighted by Crippen LogP contribution is 2.25. The molecule has 2 aromatic rings. The first kappa shape index (κ1) is 15.9. The van der Waals surface area contributed by atoms with Crippen molar-refractivity contribution in [2.75, 3.05) is 5.73 Å². The van der Waals surface area contributed by atoms with E-state index in [1.807, 2.05) is 6.92 Å². The van der Waals surface area contributed by atoms with Crippen molar-refractivity contribution in [2.45, 2.75) is 50.5 Å². The number of fused-ring (bicyclic) bond motifs is 1. The lowest BCUT2D eigenvalue weighted by atomic mass is 10.1. The van der Waals surface area contributed by atoms with Crippen LogP contribution in [0.1, 0.15) is 39.5 Å². The summed E-state index contributed by atoms with van der Waals surface area (Å²) < 4.78 is 27.7. The molecule has 1 unspecified atom stereocenters. The Morgan fingerprint density at radius 1 is 1.33 bits per heavy atom. The van der Waals surface area contributed by atoms with E-state index in [1.165, 1.54) is 6.20 Å². The number of aromatic amines is 1. The van der Waals surface area contributed by atoms with Crippen LogP contribution in [0.5, 0.6) is 0 Å². The minimum absolute atomic E-state index is 0.0763. The van der Waals surface area contributed by atoms with Crippen LogP contribution in [-0.2, 0) is 10.0 Å². The highest BCUT2D eigenvalue weighted by molar-refractivity contribution is 7.89. The van der Waals surface area contributed by atoms with Gasteiger partial charge in [0.15, 0.2) is 0 Å². The fraction of sp³-hybridized carbons (Fsp3) is 0.467. The predicted molar refractivity (Wildman–Crippen MR) is 86.6 cm³/mol. The van der Waals surface area contributed by atoms with Gasteiger partial charge in [-0.25, -0.2) is 13.1 Å². The van der Waals surface area contributed by atoms with Crippen molar-refractivity contribution in [3.05, 3.63) is 24.4 Å². The Hall–Kier alpha value is -1.53. The monoisotopic (exact) mass is 309 g/mol. The van der Waals surface area contributed by atoms with Crippen molar-refractivity contribution in [3.8, 4) is 0 Å². The van der Waals surface area contributed by atoms with E-state index in [2.05, 4.69) is 16.6 Å². The Balaban J connectivity index is 2.19. The topological polar surface area (TPSA) is 88.0 Å². The number of benzene rings is 1. The van der Waals surface area contributed by atoms with Gasteiger partial charge >= 0.3 is 0 Å². The highest BCUT2D eigenvalue weighted by atomic mass is 32.2. The molecule has 1 atom stereocenters. The van der Waals surface area contributed by atoms with E-state index >= 15 is 0 Å². The molecule has 1 aromatic carbocycles. The van der Waals surface area contributed by atoms with Crippen LogP contribution in [0.25, 0.3) is 10.9 Å². The van der Waals surface area contributed by atoms with Crippen molar-refractivity contribution in [1.82, 2.24) is 9.71 Å². The molecule has 5 nitrogen and oxygen atoms in total. The molecule has 0 amide bonds. The van der Waals surface area contributed by atoms with Crippen LogP contribution in [0.3, 0.4) is 0 Å².